The van der Waals surface area contributed by atoms with Crippen LogP contribution >= 0.6 is 11.3 Å². The van der Waals surface area contributed by atoms with Crippen molar-refractivity contribution in [1.29, 1.82) is 0 Å². The van der Waals surface area contributed by atoms with Gasteiger partial charge in [0.05, 0.1) is 5.52 Å². The minimum absolute atomic E-state index is 0. The van der Waals surface area contributed by atoms with Crippen LogP contribution in [0.25, 0.3) is 102 Å². The summed E-state index contributed by atoms with van der Waals surface area (Å²) in [6, 6.07) is 57.6. The van der Waals surface area contributed by atoms with E-state index in [-0.39, 0.29) is 20.4 Å². The summed E-state index contributed by atoms with van der Waals surface area (Å²) >= 11 is 1.84. The second kappa shape index (κ2) is 11.0. The molecule has 0 saturated carbocycles. The molecule has 6 aromatic heterocycles. The fourth-order valence-electron chi connectivity index (χ4n) is 8.37. The monoisotopic (exact) mass is 770 g/mol. The van der Waals surface area contributed by atoms with Gasteiger partial charge in [-0.05, 0) is 46.5 Å². The number of thiophene rings is 1. The zero-order chi connectivity index (χ0) is 33.2. The third-order valence-electron chi connectivity index (χ3n) is 10.5. The molecule has 0 fully saturated rings. The van der Waals surface area contributed by atoms with Crippen LogP contribution in [0.3, 0.4) is 0 Å². The van der Waals surface area contributed by atoms with E-state index in [2.05, 4.69) is 159 Å². The zero-order valence-electron chi connectivity index (χ0n) is 27.4. The van der Waals surface area contributed by atoms with Crippen LogP contribution in [0.2, 0.25) is 0 Å². The van der Waals surface area contributed by atoms with Gasteiger partial charge in [-0.2, -0.15) is 12.1 Å². The third kappa shape index (κ3) is 3.95. The molecular weight excluding hydrogens is 747 g/mol. The van der Waals surface area contributed by atoms with E-state index >= 15 is 0 Å². The molecule has 246 valence electrons. The molecule has 0 amide bonds. The van der Waals surface area contributed by atoms with Gasteiger partial charge in [-0.3, -0.25) is 4.40 Å². The Morgan fingerprint density at radius 3 is 2.21 bits per heavy atom. The van der Waals surface area contributed by atoms with Crippen molar-refractivity contribution in [2.24, 2.45) is 0 Å². The normalized spacial score (nSPS) is 12.1. The van der Waals surface area contributed by atoms with Crippen molar-refractivity contribution < 1.29 is 24.8 Å². The maximum Gasteiger partial charge on any atom is 0.150 e. The smallest absolute Gasteiger partial charge is 0.150 e. The molecule has 0 N–H and O–H groups in total. The molecule has 6 heteroatoms. The first-order chi connectivity index (χ1) is 25.3. The van der Waals surface area contributed by atoms with E-state index in [1.807, 2.05) is 29.7 Å². The molecule has 0 aliphatic carbocycles. The van der Waals surface area contributed by atoms with Crippen LogP contribution in [-0.2, 0) is 20.4 Å². The molecule has 0 radical (unpaired) electrons. The molecule has 4 nitrogen and oxygen atoms in total. The number of rotatable bonds is 2. The summed E-state index contributed by atoms with van der Waals surface area (Å²) in [5, 5.41) is 10.8. The molecule has 0 atom stereocenters. The summed E-state index contributed by atoms with van der Waals surface area (Å²) in [7, 11) is 0. The van der Waals surface area contributed by atoms with Crippen molar-refractivity contribution in [3.05, 3.63) is 164 Å². The zero-order valence-corrected chi connectivity index (χ0v) is 29.7. The van der Waals surface area contributed by atoms with Crippen LogP contribution < -0.4 is 4.40 Å². The van der Waals surface area contributed by atoms with Gasteiger partial charge in [0, 0.05) is 57.8 Å². The van der Waals surface area contributed by atoms with Crippen LogP contribution in [0.5, 0.6) is 0 Å². The Bertz CT molecular complexity index is 3430. The summed E-state index contributed by atoms with van der Waals surface area (Å²) in [6.45, 7) is 0. The average molecular weight is 771 g/mol. The number of nitrogens with zero attached hydrogens (tertiary/aromatic N) is 4. The molecule has 0 saturated heterocycles. The van der Waals surface area contributed by atoms with Gasteiger partial charge in [0.25, 0.3) is 0 Å². The molecule has 12 rings (SSSR count). The van der Waals surface area contributed by atoms with Crippen LogP contribution in [-0.4, -0.2) is 14.1 Å². The fourth-order valence-corrected chi connectivity index (χ4v) is 9.47. The summed E-state index contributed by atoms with van der Waals surface area (Å²) in [6.07, 6.45) is 5.37. The second-order valence-electron chi connectivity index (χ2n) is 13.1. The van der Waals surface area contributed by atoms with Gasteiger partial charge in [-0.1, -0.05) is 107 Å². The molecule has 12 aromatic rings. The molecule has 0 bridgehead atoms. The Labute approximate surface area is 315 Å². The van der Waals surface area contributed by atoms with Gasteiger partial charge in [-0.15, -0.1) is 51.8 Å². The molecule has 6 heterocycles. The van der Waals surface area contributed by atoms with Crippen LogP contribution in [0, 0.1) is 18.3 Å². The molecule has 6 aromatic carbocycles. The predicted molar refractivity (Wildman–Crippen MR) is 210 cm³/mol. The minimum atomic E-state index is 0. The van der Waals surface area contributed by atoms with Crippen LogP contribution in [0.4, 0.5) is 0 Å². The van der Waals surface area contributed by atoms with Crippen molar-refractivity contribution >= 4 is 102 Å². The van der Waals surface area contributed by atoms with Gasteiger partial charge >= 0.3 is 0 Å². The van der Waals surface area contributed by atoms with Crippen molar-refractivity contribution in [2.45, 2.75) is 0 Å². The Hall–Kier alpha value is -5.90. The van der Waals surface area contributed by atoms with Gasteiger partial charge in [0.15, 0.2) is 6.20 Å². The summed E-state index contributed by atoms with van der Waals surface area (Å²) < 4.78 is 9.34. The van der Waals surface area contributed by atoms with Crippen molar-refractivity contribution in [3.63, 3.8) is 0 Å². The van der Waals surface area contributed by atoms with Gasteiger partial charge in [0.2, 0.25) is 0 Å². The van der Waals surface area contributed by atoms with Crippen molar-refractivity contribution in [3.8, 4) is 11.5 Å². The van der Waals surface area contributed by atoms with E-state index in [4.69, 9.17) is 4.98 Å². The number of pyridine rings is 3. The Morgan fingerprint density at radius 1 is 0.558 bits per heavy atom. The predicted octanol–water partition coefficient (Wildman–Crippen LogP) is 11.1. The van der Waals surface area contributed by atoms with E-state index < -0.39 is 0 Å². The topological polar surface area (TPSA) is 26.9 Å². The molecule has 0 spiro atoms. The molecule has 0 unspecified atom stereocenters. The third-order valence-corrected chi connectivity index (χ3v) is 11.6. The second-order valence-corrected chi connectivity index (χ2v) is 14.2. The number of hydrogen-bond donors (Lipinski definition) is 0. The number of aromatic nitrogens is 4. The van der Waals surface area contributed by atoms with E-state index in [0.29, 0.717) is 0 Å². The summed E-state index contributed by atoms with van der Waals surface area (Å²) in [5.41, 5.74) is 7.34. The summed E-state index contributed by atoms with van der Waals surface area (Å²) in [5.74, 6) is 0.874. The Balaban J connectivity index is 0.00000320. The fraction of sp³-hybridized carbons (Fsp3) is 0. The van der Waals surface area contributed by atoms with E-state index in [9.17, 15) is 0 Å². The minimum Gasteiger partial charge on any atom is -0.359 e. The quantitative estimate of drug-likeness (QED) is 0.0744. The Kier molecular flexibility index (Phi) is 6.33. The van der Waals surface area contributed by atoms with Gasteiger partial charge < -0.3 is 9.13 Å². The first-order valence-electron chi connectivity index (χ1n) is 17.1. The van der Waals surface area contributed by atoms with Gasteiger partial charge in [-0.25, -0.2) is 4.98 Å². The maximum absolute atomic E-state index is 4.90. The van der Waals surface area contributed by atoms with E-state index in [1.165, 1.54) is 41.7 Å². The van der Waals surface area contributed by atoms with Gasteiger partial charge in [0.1, 0.15) is 11.3 Å². The first kappa shape index (κ1) is 29.8. The SMILES string of the molecule is [Pd].[c-]1c(-n2c3[c-]c4c(cc3c3ccccc32)c2ccccc2c2ccc[c-][n+]42)ccc2c3ccc4sc5ccccc5c4c3n(-c3ccccn3)c12. The molecule has 0 aliphatic rings. The first-order valence-corrected chi connectivity index (χ1v) is 17.9. The number of fused-ring (bicyclic) bond motifs is 16. The number of benzene rings is 6. The van der Waals surface area contributed by atoms with E-state index in [0.717, 1.165) is 60.8 Å². The standard InChI is InChI=1S/C46H24N4S.Pd/c1-2-12-30-29(11-1)35-26-36-31-13-3-5-16-38(31)49(41(36)27-39(35)48-24-10-8-15-37(30)48)28-19-20-32-33-21-22-43-45(34-14-4-6-17-42(34)51-43)46(33)50(40(32)25-28)44-18-7-9-23-47-44;/h1-23,26H;/q-2;. The van der Waals surface area contributed by atoms with Crippen molar-refractivity contribution in [2.75, 3.05) is 0 Å². The van der Waals surface area contributed by atoms with Crippen LogP contribution in [0.1, 0.15) is 0 Å². The average Bonchev–Trinajstić information content (AvgIpc) is 3.84. The Morgan fingerprint density at radius 2 is 1.33 bits per heavy atom. The number of hydrogen-bond acceptors (Lipinski definition) is 2. The summed E-state index contributed by atoms with van der Waals surface area (Å²) in [4.78, 5) is 4.90. The van der Waals surface area contributed by atoms with E-state index in [1.54, 1.807) is 0 Å². The maximum atomic E-state index is 4.90. The number of para-hydroxylation sites is 1. The largest absolute Gasteiger partial charge is 0.359 e. The molecule has 0 aliphatic heterocycles. The van der Waals surface area contributed by atoms with Crippen LogP contribution in [0.15, 0.2) is 146 Å². The molecule has 52 heavy (non-hydrogen) atoms. The van der Waals surface area contributed by atoms with Crippen molar-refractivity contribution in [1.82, 2.24) is 14.1 Å². The molecular formula is C46H24N4PdS-2.